The number of fused-ring (bicyclic) bond motifs is 1. The summed E-state index contributed by atoms with van der Waals surface area (Å²) in [5.74, 6) is -0.965. The Kier molecular flexibility index (Phi) is 4.02. The van der Waals surface area contributed by atoms with E-state index in [0.717, 1.165) is 24.0 Å². The van der Waals surface area contributed by atoms with Crippen molar-refractivity contribution in [1.82, 2.24) is 9.80 Å². The molecule has 3 amide bonds. The molecule has 1 aromatic rings. The summed E-state index contributed by atoms with van der Waals surface area (Å²) < 4.78 is 0. The van der Waals surface area contributed by atoms with E-state index < -0.39 is 29.6 Å². The number of aliphatic carboxylic acids is 1. The van der Waals surface area contributed by atoms with Crippen LogP contribution in [0.5, 0.6) is 0 Å². The van der Waals surface area contributed by atoms with Crippen LogP contribution in [-0.2, 0) is 22.4 Å². The first-order valence-corrected chi connectivity index (χ1v) is 9.62. The van der Waals surface area contributed by atoms with Crippen molar-refractivity contribution in [3.05, 3.63) is 35.4 Å². The highest BCUT2D eigenvalue weighted by atomic mass is 32.1. The SMILES string of the molecule is O=C(O)CN1C(=O)N(C2(CS)Cc3ccccc3C2)C(=O)C12CCCC2. The molecular weight excluding hydrogens is 352 g/mol. The molecule has 0 atom stereocenters. The zero-order chi connectivity index (χ0) is 18.5. The van der Waals surface area contributed by atoms with E-state index in [1.807, 2.05) is 24.3 Å². The zero-order valence-electron chi connectivity index (χ0n) is 14.5. The number of nitrogens with zero attached hydrogens (tertiary/aromatic N) is 2. The maximum absolute atomic E-state index is 13.5. The van der Waals surface area contributed by atoms with Crippen LogP contribution in [0.4, 0.5) is 4.79 Å². The average Bonchev–Trinajstić information content (AvgIpc) is 3.29. The fraction of sp³-hybridized carbons (Fsp3) is 0.526. The molecular formula is C19H22N2O4S. The number of hydrogen-bond donors (Lipinski definition) is 2. The zero-order valence-corrected chi connectivity index (χ0v) is 15.4. The number of carbonyl (C=O) groups excluding carboxylic acids is 2. The molecule has 1 aliphatic heterocycles. The van der Waals surface area contributed by atoms with Gasteiger partial charge in [-0.1, -0.05) is 37.1 Å². The lowest BCUT2D eigenvalue weighted by molar-refractivity contribution is -0.140. The standard InChI is InChI=1S/C19H22N2O4S/c22-15(23)11-20-17(25)21(16(24)19(20)7-3-4-8-19)18(12-26)9-13-5-1-2-6-14(13)10-18/h1-2,5-6,26H,3-4,7-12H2,(H,22,23). The number of carbonyl (C=O) groups is 3. The first-order chi connectivity index (χ1) is 12.4. The van der Waals surface area contributed by atoms with Crippen LogP contribution in [0.3, 0.4) is 0 Å². The van der Waals surface area contributed by atoms with Crippen molar-refractivity contribution in [2.45, 2.75) is 49.6 Å². The Morgan fingerprint density at radius 1 is 1.12 bits per heavy atom. The van der Waals surface area contributed by atoms with Gasteiger partial charge in [-0.15, -0.1) is 0 Å². The fourth-order valence-electron chi connectivity index (χ4n) is 4.94. The van der Waals surface area contributed by atoms with Gasteiger partial charge in [0.05, 0.1) is 5.54 Å². The van der Waals surface area contributed by atoms with E-state index in [1.54, 1.807) is 0 Å². The van der Waals surface area contributed by atoms with Crippen molar-refractivity contribution < 1.29 is 19.5 Å². The van der Waals surface area contributed by atoms with Crippen LogP contribution in [0, 0.1) is 0 Å². The summed E-state index contributed by atoms with van der Waals surface area (Å²) in [6.45, 7) is -0.434. The molecule has 3 aliphatic rings. The summed E-state index contributed by atoms with van der Waals surface area (Å²) in [5, 5.41) is 9.30. The molecule has 0 radical (unpaired) electrons. The van der Waals surface area contributed by atoms with Crippen LogP contribution in [-0.4, -0.2) is 56.2 Å². The van der Waals surface area contributed by atoms with Gasteiger partial charge in [-0.2, -0.15) is 12.6 Å². The lowest BCUT2D eigenvalue weighted by Crippen LogP contribution is -2.55. The molecule has 1 saturated carbocycles. The second-order valence-corrected chi connectivity index (χ2v) is 7.96. The van der Waals surface area contributed by atoms with E-state index in [2.05, 4.69) is 12.6 Å². The molecule has 1 spiro atoms. The molecule has 1 N–H and O–H groups in total. The van der Waals surface area contributed by atoms with Gasteiger partial charge in [-0.05, 0) is 36.8 Å². The van der Waals surface area contributed by atoms with E-state index in [-0.39, 0.29) is 5.91 Å². The summed E-state index contributed by atoms with van der Waals surface area (Å²) in [6, 6.07) is 7.48. The molecule has 2 fully saturated rings. The van der Waals surface area contributed by atoms with E-state index >= 15 is 0 Å². The Bertz CT molecular complexity index is 762. The first-order valence-electron chi connectivity index (χ1n) is 8.99. The molecule has 4 rings (SSSR count). The average molecular weight is 374 g/mol. The molecule has 138 valence electrons. The highest BCUT2D eigenvalue weighted by molar-refractivity contribution is 7.80. The third-order valence-corrected chi connectivity index (χ3v) is 6.78. The van der Waals surface area contributed by atoms with Crippen molar-refractivity contribution in [1.29, 1.82) is 0 Å². The Hall–Kier alpha value is -2.02. The monoisotopic (exact) mass is 374 g/mol. The topological polar surface area (TPSA) is 77.9 Å². The number of amides is 3. The second kappa shape index (κ2) is 6.01. The van der Waals surface area contributed by atoms with Crippen molar-refractivity contribution >= 4 is 30.5 Å². The minimum atomic E-state index is -1.09. The molecule has 26 heavy (non-hydrogen) atoms. The predicted molar refractivity (Wildman–Crippen MR) is 98.2 cm³/mol. The Morgan fingerprint density at radius 2 is 1.69 bits per heavy atom. The van der Waals surface area contributed by atoms with Crippen molar-refractivity contribution in [3.63, 3.8) is 0 Å². The quantitative estimate of drug-likeness (QED) is 0.625. The van der Waals surface area contributed by atoms with Crippen LogP contribution in [0.2, 0.25) is 0 Å². The van der Waals surface area contributed by atoms with Gasteiger partial charge < -0.3 is 5.11 Å². The van der Waals surface area contributed by atoms with Crippen LogP contribution in [0.15, 0.2) is 24.3 Å². The predicted octanol–water partition coefficient (Wildman–Crippen LogP) is 2.12. The molecule has 6 nitrogen and oxygen atoms in total. The number of imide groups is 1. The molecule has 7 heteroatoms. The molecule has 2 aliphatic carbocycles. The van der Waals surface area contributed by atoms with Crippen LogP contribution >= 0.6 is 12.6 Å². The van der Waals surface area contributed by atoms with Gasteiger partial charge >= 0.3 is 12.0 Å². The van der Waals surface area contributed by atoms with Crippen LogP contribution < -0.4 is 0 Å². The smallest absolute Gasteiger partial charge is 0.328 e. The Labute approximate surface area is 157 Å². The minimum Gasteiger partial charge on any atom is -0.480 e. The highest BCUT2D eigenvalue weighted by Gasteiger charge is 2.63. The number of carboxylic acids is 1. The van der Waals surface area contributed by atoms with Gasteiger partial charge in [0.25, 0.3) is 5.91 Å². The second-order valence-electron chi connectivity index (χ2n) is 7.65. The maximum atomic E-state index is 13.5. The van der Waals surface area contributed by atoms with E-state index in [1.165, 1.54) is 9.80 Å². The van der Waals surface area contributed by atoms with Crippen molar-refractivity contribution in [3.8, 4) is 0 Å². The highest BCUT2D eigenvalue weighted by Crippen LogP contribution is 2.47. The Morgan fingerprint density at radius 3 is 2.19 bits per heavy atom. The number of rotatable bonds is 4. The number of carboxylic acid groups (broad SMARTS) is 1. The summed E-state index contributed by atoms with van der Waals surface area (Å²) >= 11 is 4.51. The van der Waals surface area contributed by atoms with Gasteiger partial charge in [0, 0.05) is 5.75 Å². The Balaban J connectivity index is 1.75. The minimum absolute atomic E-state index is 0.233. The van der Waals surface area contributed by atoms with Crippen LogP contribution in [0.25, 0.3) is 0 Å². The molecule has 1 heterocycles. The van der Waals surface area contributed by atoms with E-state index in [0.29, 0.717) is 31.4 Å². The summed E-state index contributed by atoms with van der Waals surface area (Å²) in [5.41, 5.74) is 0.544. The summed E-state index contributed by atoms with van der Waals surface area (Å²) in [7, 11) is 0. The summed E-state index contributed by atoms with van der Waals surface area (Å²) in [6.07, 6.45) is 3.88. The third kappa shape index (κ3) is 2.29. The number of hydrogen-bond acceptors (Lipinski definition) is 4. The molecule has 1 aromatic carbocycles. The number of benzene rings is 1. The lowest BCUT2D eigenvalue weighted by Gasteiger charge is -2.36. The van der Waals surface area contributed by atoms with E-state index in [4.69, 9.17) is 0 Å². The maximum Gasteiger partial charge on any atom is 0.328 e. The molecule has 0 aromatic heterocycles. The lowest BCUT2D eigenvalue weighted by atomic mass is 9.91. The first kappa shape index (κ1) is 17.4. The largest absolute Gasteiger partial charge is 0.480 e. The van der Waals surface area contributed by atoms with Gasteiger partial charge in [-0.3, -0.25) is 19.4 Å². The van der Waals surface area contributed by atoms with Gasteiger partial charge in [0.15, 0.2) is 0 Å². The fourth-order valence-corrected chi connectivity index (χ4v) is 5.31. The third-order valence-electron chi connectivity index (χ3n) is 6.19. The van der Waals surface area contributed by atoms with Gasteiger partial charge in [0.2, 0.25) is 0 Å². The van der Waals surface area contributed by atoms with Gasteiger partial charge in [-0.25, -0.2) is 4.79 Å². The number of urea groups is 1. The summed E-state index contributed by atoms with van der Waals surface area (Å²) in [4.78, 5) is 40.7. The molecule has 0 bridgehead atoms. The molecule has 0 unspecified atom stereocenters. The van der Waals surface area contributed by atoms with Crippen molar-refractivity contribution in [2.75, 3.05) is 12.3 Å². The van der Waals surface area contributed by atoms with Gasteiger partial charge in [0.1, 0.15) is 12.1 Å². The number of thiol groups is 1. The van der Waals surface area contributed by atoms with Crippen LogP contribution in [0.1, 0.15) is 36.8 Å². The molecule has 1 saturated heterocycles. The normalized spacial score (nSPS) is 23.1. The van der Waals surface area contributed by atoms with E-state index in [9.17, 15) is 19.5 Å². The van der Waals surface area contributed by atoms with Crippen molar-refractivity contribution in [2.24, 2.45) is 0 Å².